The van der Waals surface area contributed by atoms with Crippen LogP contribution in [0.3, 0.4) is 0 Å². The molecule has 0 rings (SSSR count). The summed E-state index contributed by atoms with van der Waals surface area (Å²) in [5.41, 5.74) is 7.16. The minimum atomic E-state index is 0.644. The van der Waals surface area contributed by atoms with Crippen molar-refractivity contribution in [2.24, 2.45) is 5.73 Å². The summed E-state index contributed by atoms with van der Waals surface area (Å²) in [5.74, 6) is 0. The van der Waals surface area contributed by atoms with Crippen molar-refractivity contribution in [2.75, 3.05) is 0 Å². The van der Waals surface area contributed by atoms with E-state index in [0.717, 1.165) is 5.57 Å². The molecule has 0 aromatic heterocycles. The Labute approximate surface area is 74.3 Å². The first-order valence-electron chi connectivity index (χ1n) is 3.80. The van der Waals surface area contributed by atoms with E-state index in [1.165, 1.54) is 0 Å². The average Bonchev–Trinajstić information content (AvgIpc) is 2.11. The summed E-state index contributed by atoms with van der Waals surface area (Å²) in [6, 6.07) is 0. The van der Waals surface area contributed by atoms with Gasteiger partial charge in [-0.2, -0.15) is 0 Å². The highest BCUT2D eigenvalue weighted by Gasteiger charge is 1.88. The van der Waals surface area contributed by atoms with Gasteiger partial charge in [-0.1, -0.05) is 43.5 Å². The van der Waals surface area contributed by atoms with Crippen LogP contribution in [0.5, 0.6) is 0 Å². The molecule has 0 fully saturated rings. The van der Waals surface area contributed by atoms with E-state index in [9.17, 15) is 0 Å². The zero-order valence-corrected chi connectivity index (χ0v) is 7.46. The van der Waals surface area contributed by atoms with E-state index in [2.05, 4.69) is 13.2 Å². The van der Waals surface area contributed by atoms with E-state index in [1.54, 1.807) is 12.2 Å². The van der Waals surface area contributed by atoms with Gasteiger partial charge in [0.15, 0.2) is 0 Å². The number of hydrogen-bond donors (Lipinski definition) is 1. The van der Waals surface area contributed by atoms with Crippen LogP contribution in [0.2, 0.25) is 0 Å². The first-order valence-corrected chi connectivity index (χ1v) is 3.80. The van der Waals surface area contributed by atoms with Gasteiger partial charge in [0.1, 0.15) is 0 Å². The lowest BCUT2D eigenvalue weighted by Gasteiger charge is -1.96. The van der Waals surface area contributed by atoms with Gasteiger partial charge in [-0.05, 0) is 18.6 Å². The van der Waals surface area contributed by atoms with Crippen LogP contribution in [0.1, 0.15) is 6.92 Å². The molecule has 0 unspecified atom stereocenters. The summed E-state index contributed by atoms with van der Waals surface area (Å²) in [6.07, 6.45) is 11.0. The molecular weight excluding hydrogens is 146 g/mol. The summed E-state index contributed by atoms with van der Waals surface area (Å²) in [6.45, 7) is 9.18. The molecule has 0 heterocycles. The Bertz CT molecular complexity index is 242. The van der Waals surface area contributed by atoms with Crippen molar-refractivity contribution in [3.05, 3.63) is 60.9 Å². The molecule has 64 valence electrons. The largest absolute Gasteiger partial charge is 0.398 e. The van der Waals surface area contributed by atoms with Crippen molar-refractivity contribution < 1.29 is 0 Å². The molecule has 0 aromatic carbocycles. The quantitative estimate of drug-likeness (QED) is 0.630. The van der Waals surface area contributed by atoms with Crippen LogP contribution in [0, 0.1) is 0 Å². The normalized spacial score (nSPS) is 13.4. The fraction of sp³-hybridized carbons (Fsp3) is 0.0909. The highest BCUT2D eigenvalue weighted by molar-refractivity contribution is 5.38. The SMILES string of the molecule is C=C/C(N)=C(C=C)/C=C\C=C/C. The Morgan fingerprint density at radius 3 is 2.25 bits per heavy atom. The zero-order valence-electron chi connectivity index (χ0n) is 7.46. The summed E-state index contributed by atoms with van der Waals surface area (Å²) in [5, 5.41) is 0. The zero-order chi connectivity index (χ0) is 9.40. The van der Waals surface area contributed by atoms with Gasteiger partial charge in [0.25, 0.3) is 0 Å². The van der Waals surface area contributed by atoms with E-state index >= 15 is 0 Å². The first kappa shape index (κ1) is 10.5. The van der Waals surface area contributed by atoms with Crippen molar-refractivity contribution in [3.8, 4) is 0 Å². The van der Waals surface area contributed by atoms with Crippen molar-refractivity contribution in [1.29, 1.82) is 0 Å². The van der Waals surface area contributed by atoms with Crippen molar-refractivity contribution in [2.45, 2.75) is 6.92 Å². The van der Waals surface area contributed by atoms with E-state index in [0.29, 0.717) is 5.70 Å². The van der Waals surface area contributed by atoms with Crippen LogP contribution < -0.4 is 5.73 Å². The lowest BCUT2D eigenvalue weighted by atomic mass is 10.2. The molecule has 0 saturated carbocycles. The molecular formula is C11H15N. The second-order valence-corrected chi connectivity index (χ2v) is 2.20. The molecule has 12 heavy (non-hydrogen) atoms. The van der Waals surface area contributed by atoms with Gasteiger partial charge in [-0.3, -0.25) is 0 Å². The topological polar surface area (TPSA) is 26.0 Å². The average molecular weight is 161 g/mol. The third kappa shape index (κ3) is 3.62. The Kier molecular flexibility index (Phi) is 5.45. The second-order valence-electron chi connectivity index (χ2n) is 2.20. The van der Waals surface area contributed by atoms with Crippen LogP contribution in [0.4, 0.5) is 0 Å². The van der Waals surface area contributed by atoms with Gasteiger partial charge < -0.3 is 5.73 Å². The molecule has 0 radical (unpaired) electrons. The monoisotopic (exact) mass is 161 g/mol. The van der Waals surface area contributed by atoms with Gasteiger partial charge in [0.05, 0.1) is 0 Å². The fourth-order valence-corrected chi connectivity index (χ4v) is 0.670. The summed E-state index contributed by atoms with van der Waals surface area (Å²) in [7, 11) is 0. The predicted octanol–water partition coefficient (Wildman–Crippen LogP) is 2.70. The molecule has 0 amide bonds. The Hall–Kier alpha value is -1.50. The Morgan fingerprint density at radius 2 is 1.83 bits per heavy atom. The molecule has 0 saturated heterocycles. The van der Waals surface area contributed by atoms with Gasteiger partial charge in [0, 0.05) is 5.70 Å². The molecule has 0 atom stereocenters. The maximum absolute atomic E-state index is 5.62. The second kappa shape index (κ2) is 6.23. The number of rotatable bonds is 4. The van der Waals surface area contributed by atoms with Gasteiger partial charge in [0.2, 0.25) is 0 Å². The van der Waals surface area contributed by atoms with E-state index < -0.39 is 0 Å². The smallest absolute Gasteiger partial charge is 0.0381 e. The van der Waals surface area contributed by atoms with E-state index in [1.807, 2.05) is 31.2 Å². The summed E-state index contributed by atoms with van der Waals surface area (Å²) in [4.78, 5) is 0. The van der Waals surface area contributed by atoms with Gasteiger partial charge >= 0.3 is 0 Å². The van der Waals surface area contributed by atoms with Crippen LogP contribution in [0.25, 0.3) is 0 Å². The molecule has 0 aliphatic heterocycles. The van der Waals surface area contributed by atoms with E-state index in [4.69, 9.17) is 5.73 Å². The summed E-state index contributed by atoms with van der Waals surface area (Å²) >= 11 is 0. The van der Waals surface area contributed by atoms with Crippen molar-refractivity contribution in [3.63, 3.8) is 0 Å². The van der Waals surface area contributed by atoms with Crippen LogP contribution >= 0.6 is 0 Å². The van der Waals surface area contributed by atoms with Crippen molar-refractivity contribution >= 4 is 0 Å². The maximum Gasteiger partial charge on any atom is 0.0381 e. The maximum atomic E-state index is 5.62. The summed E-state index contributed by atoms with van der Waals surface area (Å²) < 4.78 is 0. The van der Waals surface area contributed by atoms with Crippen LogP contribution in [-0.2, 0) is 0 Å². The fourth-order valence-electron chi connectivity index (χ4n) is 0.670. The Balaban J connectivity index is 4.58. The molecule has 1 nitrogen and oxygen atoms in total. The van der Waals surface area contributed by atoms with Crippen LogP contribution in [0.15, 0.2) is 60.9 Å². The van der Waals surface area contributed by atoms with Gasteiger partial charge in [-0.25, -0.2) is 0 Å². The first-order chi connectivity index (χ1) is 5.76. The molecule has 0 aliphatic carbocycles. The third-order valence-electron chi connectivity index (χ3n) is 1.35. The Morgan fingerprint density at radius 1 is 1.17 bits per heavy atom. The minimum Gasteiger partial charge on any atom is -0.398 e. The van der Waals surface area contributed by atoms with Gasteiger partial charge in [-0.15, -0.1) is 0 Å². The lowest BCUT2D eigenvalue weighted by Crippen LogP contribution is -1.95. The molecule has 0 aromatic rings. The van der Waals surface area contributed by atoms with Crippen molar-refractivity contribution in [1.82, 2.24) is 0 Å². The highest BCUT2D eigenvalue weighted by atomic mass is 14.6. The standard InChI is InChI=1S/C11H15N/c1-4-7-8-9-10(5-2)11(12)6-3/h4-9H,2-3,12H2,1H3/b7-4-,9-8-,11-10-. The molecule has 0 aliphatic rings. The van der Waals surface area contributed by atoms with E-state index in [-0.39, 0.29) is 0 Å². The molecule has 1 heteroatoms. The predicted molar refractivity (Wildman–Crippen MR) is 55.6 cm³/mol. The molecule has 0 spiro atoms. The minimum absolute atomic E-state index is 0.644. The molecule has 0 bridgehead atoms. The highest BCUT2D eigenvalue weighted by Crippen LogP contribution is 2.03. The number of nitrogens with two attached hydrogens (primary N) is 1. The number of allylic oxidation sites excluding steroid dienone is 7. The lowest BCUT2D eigenvalue weighted by molar-refractivity contribution is 1.38. The molecule has 2 N–H and O–H groups in total. The van der Waals surface area contributed by atoms with Crippen LogP contribution in [-0.4, -0.2) is 0 Å². The third-order valence-corrected chi connectivity index (χ3v) is 1.35. The number of hydrogen-bond acceptors (Lipinski definition) is 1.